The topological polar surface area (TPSA) is 32.8 Å². The zero-order valence-electron chi connectivity index (χ0n) is 54.8. The summed E-state index contributed by atoms with van der Waals surface area (Å²) in [5, 5.41) is 4.41. The van der Waals surface area contributed by atoms with Crippen LogP contribution in [0.4, 0.5) is 34.1 Å². The molecule has 0 bridgehead atoms. The number of anilines is 6. The van der Waals surface area contributed by atoms with Crippen molar-refractivity contribution in [3.8, 4) is 89.0 Å². The molecule has 18 rings (SSSR count). The Kier molecular flexibility index (Phi) is 16.4. The van der Waals surface area contributed by atoms with E-state index >= 15 is 0 Å². The lowest BCUT2D eigenvalue weighted by atomic mass is 9.94. The first-order chi connectivity index (χ1) is 49.6. The van der Waals surface area contributed by atoms with Gasteiger partial charge < -0.3 is 18.6 Å². The summed E-state index contributed by atoms with van der Waals surface area (Å²) in [7, 11) is 0. The van der Waals surface area contributed by atoms with E-state index < -0.39 is 0 Å². The Morgan fingerprint density at radius 3 is 0.760 bits per heavy atom. The summed E-state index contributed by atoms with van der Waals surface area (Å²) >= 11 is 0. The van der Waals surface area contributed by atoms with E-state index in [1.54, 1.807) is 0 Å². The molecule has 0 aliphatic carbocycles. The summed E-state index contributed by atoms with van der Waals surface area (Å²) < 4.78 is 13.3. The van der Waals surface area contributed by atoms with Gasteiger partial charge in [-0.3, -0.25) is 0 Å². The van der Waals surface area contributed by atoms with Crippen molar-refractivity contribution in [2.75, 3.05) is 9.80 Å². The first-order valence-corrected chi connectivity index (χ1v) is 34.0. The second-order valence-electron chi connectivity index (χ2n) is 25.1. The van der Waals surface area contributed by atoms with Crippen LogP contribution in [-0.4, -0.2) is 0 Å². The average Bonchev–Trinajstić information content (AvgIpc) is 1.30. The third-order valence-electron chi connectivity index (χ3n) is 19.0. The maximum absolute atomic E-state index is 6.64. The molecule has 2 aromatic heterocycles. The van der Waals surface area contributed by atoms with Gasteiger partial charge in [-0.1, -0.05) is 322 Å². The first kappa shape index (κ1) is 60.4. The Morgan fingerprint density at radius 1 is 0.160 bits per heavy atom. The monoisotopic (exact) mass is 1280 g/mol. The zero-order valence-corrected chi connectivity index (χ0v) is 54.8. The summed E-state index contributed by atoms with van der Waals surface area (Å²) in [6.07, 6.45) is 0. The van der Waals surface area contributed by atoms with Gasteiger partial charge in [-0.2, -0.15) is 0 Å². The van der Waals surface area contributed by atoms with E-state index in [0.29, 0.717) is 0 Å². The third kappa shape index (κ3) is 12.0. The number of para-hydroxylation sites is 5. The first-order valence-electron chi connectivity index (χ1n) is 34.0. The highest BCUT2D eigenvalue weighted by atomic mass is 16.3. The van der Waals surface area contributed by atoms with Gasteiger partial charge in [-0.05, 0) is 146 Å². The number of rotatable bonds is 14. The molecule has 4 nitrogen and oxygen atoms in total. The number of hydrogen-bond donors (Lipinski definition) is 0. The molecule has 472 valence electrons. The largest absolute Gasteiger partial charge is 0.455 e. The lowest BCUT2D eigenvalue weighted by Crippen LogP contribution is -2.12. The van der Waals surface area contributed by atoms with Gasteiger partial charge in [0.1, 0.15) is 22.3 Å². The molecule has 0 saturated carbocycles. The lowest BCUT2D eigenvalue weighted by Gasteiger charge is -2.30. The number of benzene rings is 16. The highest BCUT2D eigenvalue weighted by Crippen LogP contribution is 2.49. The molecular weight excluding hydrogens is 1210 g/mol. The van der Waals surface area contributed by atoms with Crippen LogP contribution >= 0.6 is 0 Å². The van der Waals surface area contributed by atoms with Crippen LogP contribution in [0, 0.1) is 0 Å². The van der Waals surface area contributed by atoms with Crippen LogP contribution in [0.1, 0.15) is 0 Å². The highest BCUT2D eigenvalue weighted by Gasteiger charge is 2.24. The van der Waals surface area contributed by atoms with E-state index in [1.807, 2.05) is 24.3 Å². The van der Waals surface area contributed by atoms with Crippen molar-refractivity contribution in [1.29, 1.82) is 0 Å². The number of nitrogens with zero attached hydrogens (tertiary/aromatic N) is 2. The molecule has 100 heavy (non-hydrogen) atoms. The minimum absolute atomic E-state index is 0.870. The fraction of sp³-hybridized carbons (Fsp3) is 0. The Balaban J connectivity index is 0.000000156. The molecule has 0 aliphatic rings. The Labute approximate surface area is 582 Å². The molecule has 16 aromatic carbocycles. The molecule has 0 amide bonds. The molecule has 2 heterocycles. The van der Waals surface area contributed by atoms with Crippen LogP contribution in [0.2, 0.25) is 0 Å². The SMILES string of the molecule is c1ccc(-c2ccc(N(c3ccc(-c4ccccc4)cc3)c3c(-c4ccccc4)cccc3-c3ccccc3)cc2)cc1.c1ccc(-c2ccc(N(c3ccc(-c4ccccc4)cc3)c3cc(-c4cccc5c4oc4ccccc45)cc(-c4cccc5c4oc4ccccc45)c3)cc2)cc1. The molecule has 0 saturated heterocycles. The van der Waals surface area contributed by atoms with Crippen molar-refractivity contribution in [2.24, 2.45) is 0 Å². The van der Waals surface area contributed by atoms with E-state index in [-0.39, 0.29) is 0 Å². The molecule has 0 atom stereocenters. The highest BCUT2D eigenvalue weighted by molar-refractivity contribution is 6.12. The summed E-state index contributed by atoms with van der Waals surface area (Å²) in [5.41, 5.74) is 28.4. The Bertz CT molecular complexity index is 5480. The van der Waals surface area contributed by atoms with Gasteiger partial charge in [0.25, 0.3) is 0 Å². The van der Waals surface area contributed by atoms with Gasteiger partial charge in [-0.25, -0.2) is 0 Å². The van der Waals surface area contributed by atoms with E-state index in [0.717, 1.165) is 100 Å². The van der Waals surface area contributed by atoms with Gasteiger partial charge in [0.2, 0.25) is 0 Å². The maximum atomic E-state index is 6.64. The second kappa shape index (κ2) is 27.1. The molecule has 0 radical (unpaired) electrons. The smallest absolute Gasteiger partial charge is 0.143 e. The fourth-order valence-electron chi connectivity index (χ4n) is 14.1. The molecule has 0 N–H and O–H groups in total. The second-order valence-corrected chi connectivity index (χ2v) is 25.1. The zero-order chi connectivity index (χ0) is 66.6. The summed E-state index contributed by atoms with van der Waals surface area (Å²) in [6.45, 7) is 0. The van der Waals surface area contributed by atoms with Crippen molar-refractivity contribution in [3.63, 3.8) is 0 Å². The van der Waals surface area contributed by atoms with Crippen LogP contribution in [0.25, 0.3) is 133 Å². The van der Waals surface area contributed by atoms with Gasteiger partial charge in [0, 0.05) is 72.2 Å². The van der Waals surface area contributed by atoms with Crippen molar-refractivity contribution in [3.05, 3.63) is 400 Å². The van der Waals surface area contributed by atoms with Crippen LogP contribution < -0.4 is 9.80 Å². The van der Waals surface area contributed by atoms with E-state index in [2.05, 4.69) is 386 Å². The third-order valence-corrected chi connectivity index (χ3v) is 19.0. The lowest BCUT2D eigenvalue weighted by molar-refractivity contribution is 0.670. The van der Waals surface area contributed by atoms with Crippen molar-refractivity contribution in [1.82, 2.24) is 0 Å². The van der Waals surface area contributed by atoms with Gasteiger partial charge >= 0.3 is 0 Å². The fourth-order valence-corrected chi connectivity index (χ4v) is 14.1. The molecule has 0 unspecified atom stereocenters. The predicted molar refractivity (Wildman–Crippen MR) is 420 cm³/mol. The van der Waals surface area contributed by atoms with Gasteiger partial charge in [-0.15, -0.1) is 0 Å². The number of hydrogen-bond acceptors (Lipinski definition) is 4. The summed E-state index contributed by atoms with van der Waals surface area (Å²) in [5.74, 6) is 0. The minimum Gasteiger partial charge on any atom is -0.455 e. The van der Waals surface area contributed by atoms with Crippen LogP contribution in [0.5, 0.6) is 0 Å². The van der Waals surface area contributed by atoms with Crippen molar-refractivity contribution in [2.45, 2.75) is 0 Å². The van der Waals surface area contributed by atoms with E-state index in [1.165, 1.54) is 66.8 Å². The van der Waals surface area contributed by atoms with E-state index in [9.17, 15) is 0 Å². The summed E-state index contributed by atoms with van der Waals surface area (Å²) in [6, 6.07) is 142. The van der Waals surface area contributed by atoms with Crippen LogP contribution in [0.15, 0.2) is 409 Å². The quantitative estimate of drug-likeness (QED) is 0.109. The summed E-state index contributed by atoms with van der Waals surface area (Å²) in [4.78, 5) is 4.77. The molecule has 0 aliphatic heterocycles. The number of furan rings is 2. The van der Waals surface area contributed by atoms with Gasteiger partial charge in [0.15, 0.2) is 0 Å². The standard InChI is InChI=1S/C54H35NO2.C42H31N/c1-3-13-36(14-4-1)38-25-29-42(30-26-38)55(43-31-27-39(28-32-43)37-15-5-2-6-16-37)44-34-40(45-19-11-21-49-47-17-7-9-23-51(47)56-53(45)49)33-41(35-44)46-20-12-22-50-48-18-8-10-24-52(48)57-54(46)50;1-5-14-32(15-6-1)34-24-28-38(29-25-34)43(39-30-26-35(27-31-39)33-16-7-2-8-17-33)42-40(36-18-9-3-10-19-36)22-13-23-41(42)37-20-11-4-12-21-37/h1-35H;1-31H. The average molecular weight is 1280 g/mol. The number of fused-ring (bicyclic) bond motifs is 6. The van der Waals surface area contributed by atoms with Crippen LogP contribution in [-0.2, 0) is 0 Å². The Hall–Kier alpha value is -13.3. The van der Waals surface area contributed by atoms with Crippen molar-refractivity contribution < 1.29 is 8.83 Å². The predicted octanol–water partition coefficient (Wildman–Crippen LogP) is 27.4. The minimum atomic E-state index is 0.870. The maximum Gasteiger partial charge on any atom is 0.143 e. The molecule has 18 aromatic rings. The molecular formula is C96H66N2O2. The molecule has 0 spiro atoms. The van der Waals surface area contributed by atoms with E-state index in [4.69, 9.17) is 8.83 Å². The van der Waals surface area contributed by atoms with Crippen LogP contribution in [0.3, 0.4) is 0 Å². The Morgan fingerprint density at radius 2 is 0.420 bits per heavy atom. The van der Waals surface area contributed by atoms with Crippen molar-refractivity contribution >= 4 is 78.0 Å². The molecule has 4 heteroatoms. The normalized spacial score (nSPS) is 11.2. The molecule has 0 fully saturated rings. The van der Waals surface area contributed by atoms with Gasteiger partial charge in [0.05, 0.1) is 5.69 Å².